The van der Waals surface area contributed by atoms with Crippen molar-refractivity contribution in [2.45, 2.75) is 76.9 Å². The molecule has 0 unspecified atom stereocenters. The Balaban J connectivity index is 1.32. The molecule has 3 N–H and O–H groups in total. The topological polar surface area (TPSA) is 173 Å². The molecule has 2 aromatic heterocycles. The second-order valence-electron chi connectivity index (χ2n) is 14.6. The fourth-order valence-electron chi connectivity index (χ4n) is 6.56. The summed E-state index contributed by atoms with van der Waals surface area (Å²) in [7, 11) is 0. The van der Waals surface area contributed by atoms with Gasteiger partial charge in [0.2, 0.25) is 11.9 Å². The first-order chi connectivity index (χ1) is 24.7. The molecule has 3 amide bonds. The van der Waals surface area contributed by atoms with E-state index in [2.05, 4.69) is 30.9 Å². The van der Waals surface area contributed by atoms with Gasteiger partial charge in [-0.2, -0.15) is 20.1 Å². The van der Waals surface area contributed by atoms with Crippen molar-refractivity contribution in [2.75, 3.05) is 6.54 Å². The Kier molecular flexibility index (Phi) is 9.05. The average molecular weight is 735 g/mol. The van der Waals surface area contributed by atoms with E-state index < -0.39 is 41.2 Å². The van der Waals surface area contributed by atoms with E-state index in [9.17, 15) is 23.5 Å². The van der Waals surface area contributed by atoms with Gasteiger partial charge in [-0.25, -0.2) is 28.2 Å². The number of nitrogens with one attached hydrogen (secondary N) is 2. The van der Waals surface area contributed by atoms with Crippen LogP contribution in [0.2, 0.25) is 5.02 Å². The van der Waals surface area contributed by atoms with E-state index in [1.54, 1.807) is 29.2 Å². The molecule has 2 atom stereocenters. The van der Waals surface area contributed by atoms with Crippen LogP contribution in [-0.2, 0) is 15.1 Å². The minimum atomic E-state index is -2.97. The van der Waals surface area contributed by atoms with Crippen LogP contribution in [0.5, 0.6) is 0 Å². The fourth-order valence-corrected chi connectivity index (χ4v) is 6.76. The van der Waals surface area contributed by atoms with Crippen molar-refractivity contribution in [1.82, 2.24) is 45.3 Å². The molecule has 0 radical (unpaired) electrons. The Morgan fingerprint density at radius 3 is 2.44 bits per heavy atom. The predicted octanol–water partition coefficient (Wildman–Crippen LogP) is 5.82. The molecule has 14 nitrogen and oxygen atoms in total. The van der Waals surface area contributed by atoms with Gasteiger partial charge in [-0.3, -0.25) is 19.8 Å². The first-order valence-electron chi connectivity index (χ1n) is 17.0. The number of benzene rings is 2. The van der Waals surface area contributed by atoms with E-state index in [0.717, 1.165) is 42.3 Å². The number of carbonyl (C=O) groups is 3. The predicted molar refractivity (Wildman–Crippen MR) is 185 cm³/mol. The van der Waals surface area contributed by atoms with Gasteiger partial charge in [0.15, 0.2) is 11.4 Å². The molecule has 1 aliphatic heterocycles. The van der Waals surface area contributed by atoms with Crippen LogP contribution in [0.25, 0.3) is 16.9 Å². The molecule has 4 aromatic rings. The number of hydrogen-bond acceptors (Lipinski definition) is 8. The van der Waals surface area contributed by atoms with E-state index in [4.69, 9.17) is 16.6 Å². The standard InChI is InChI=1S/C35H37ClF2N10O4/c1-34(2,3)17-35(22-9-6-19(7-10-22)25-15-41-48(45-25)23-11-12-23)31(50)46(32(44-35)43-33(51)52)27(16-39-30(49)20-4-5-20)21-8-13-24(36)26(14-21)47-29(28(37)38)40-18-42-47/h6-10,13-15,18,20,23,27-28H,4-5,11-12,16-17H2,1-3H3,(H,39,49)(H,43,44)(H,51,52)/t27-,35-/m1/s1. The maximum absolute atomic E-state index is 15.2. The number of carbonyl (C=O) groups excluding carboxylic acids is 2. The number of rotatable bonds is 11. The van der Waals surface area contributed by atoms with Gasteiger partial charge in [0, 0.05) is 18.0 Å². The monoisotopic (exact) mass is 734 g/mol. The van der Waals surface area contributed by atoms with E-state index in [1.165, 1.54) is 17.0 Å². The number of alkyl halides is 2. The van der Waals surface area contributed by atoms with Crippen LogP contribution in [0.1, 0.15) is 88.3 Å². The molecule has 52 heavy (non-hydrogen) atoms. The number of halogens is 3. The largest absolute Gasteiger partial charge is 0.465 e. The van der Waals surface area contributed by atoms with Crippen molar-refractivity contribution in [3.63, 3.8) is 0 Å². The third-order valence-corrected chi connectivity index (χ3v) is 9.54. The summed E-state index contributed by atoms with van der Waals surface area (Å²) in [4.78, 5) is 51.8. The highest BCUT2D eigenvalue weighted by Gasteiger charge is 2.54. The molecule has 0 saturated heterocycles. The Labute approximate surface area is 302 Å². The number of aromatic nitrogens is 6. The second kappa shape index (κ2) is 13.4. The fraction of sp³-hybridized carbons (Fsp3) is 0.429. The zero-order valence-electron chi connectivity index (χ0n) is 28.6. The number of amides is 3. The number of hydrogen-bond donors (Lipinski definition) is 3. The summed E-state index contributed by atoms with van der Waals surface area (Å²) in [5.41, 5.74) is 0.283. The summed E-state index contributed by atoms with van der Waals surface area (Å²) in [6.45, 7) is 5.70. The van der Waals surface area contributed by atoms with Gasteiger partial charge >= 0.3 is 6.09 Å². The highest BCUT2D eigenvalue weighted by molar-refractivity contribution is 6.32. The molecule has 2 fully saturated rings. The van der Waals surface area contributed by atoms with Crippen molar-refractivity contribution in [1.29, 1.82) is 0 Å². The molecule has 7 rings (SSSR count). The lowest BCUT2D eigenvalue weighted by Gasteiger charge is -2.35. The Bertz CT molecular complexity index is 2050. The van der Waals surface area contributed by atoms with Crippen molar-refractivity contribution in [2.24, 2.45) is 16.3 Å². The normalized spacial score (nSPS) is 19.6. The van der Waals surface area contributed by atoms with Crippen molar-refractivity contribution < 1.29 is 28.3 Å². The van der Waals surface area contributed by atoms with Crippen LogP contribution in [-0.4, -0.2) is 70.2 Å². The first kappa shape index (κ1) is 35.2. The van der Waals surface area contributed by atoms with Crippen LogP contribution >= 0.6 is 11.6 Å². The smallest absolute Gasteiger partial charge is 0.411 e. The summed E-state index contributed by atoms with van der Waals surface area (Å²) < 4.78 is 28.7. The quantitative estimate of drug-likeness (QED) is 0.173. The lowest BCUT2D eigenvalue weighted by molar-refractivity contribution is -0.135. The molecule has 0 spiro atoms. The molecule has 2 aromatic carbocycles. The molecule has 272 valence electrons. The van der Waals surface area contributed by atoms with Gasteiger partial charge in [-0.1, -0.05) is 62.7 Å². The Morgan fingerprint density at radius 2 is 1.81 bits per heavy atom. The van der Waals surface area contributed by atoms with Crippen LogP contribution < -0.4 is 10.6 Å². The van der Waals surface area contributed by atoms with Crippen molar-refractivity contribution in [3.05, 3.63) is 77.0 Å². The van der Waals surface area contributed by atoms with Gasteiger partial charge in [0.25, 0.3) is 12.3 Å². The molecular weight excluding hydrogens is 698 g/mol. The van der Waals surface area contributed by atoms with Gasteiger partial charge in [-0.05, 0) is 60.8 Å². The zero-order chi connectivity index (χ0) is 36.9. The molecule has 2 aliphatic carbocycles. The second-order valence-corrected chi connectivity index (χ2v) is 15.0. The Morgan fingerprint density at radius 1 is 1.08 bits per heavy atom. The highest BCUT2D eigenvalue weighted by atomic mass is 35.5. The van der Waals surface area contributed by atoms with Gasteiger partial charge < -0.3 is 10.4 Å². The summed E-state index contributed by atoms with van der Waals surface area (Å²) in [6, 6.07) is 11.0. The highest BCUT2D eigenvalue weighted by Crippen LogP contribution is 2.46. The number of carboxylic acid groups (broad SMARTS) is 1. The maximum atomic E-state index is 15.2. The summed E-state index contributed by atoms with van der Waals surface area (Å²) >= 11 is 6.50. The SMILES string of the molecule is CC(C)(C)C[C@]1(c2ccc(-c3cnn(C4CC4)n3)cc2)N=C(NC(=O)O)N([C@H](CNC(=O)C2CC2)c2ccc(Cl)c(-n3ncnc3C(F)F)c2)C1=O. The van der Waals surface area contributed by atoms with Crippen molar-refractivity contribution in [3.8, 4) is 16.9 Å². The van der Waals surface area contributed by atoms with Crippen LogP contribution in [0, 0.1) is 11.3 Å². The van der Waals surface area contributed by atoms with Crippen molar-refractivity contribution >= 4 is 35.5 Å². The lowest BCUT2D eigenvalue weighted by Crippen LogP contribution is -2.51. The summed E-state index contributed by atoms with van der Waals surface area (Å²) in [6.07, 6.45) is 1.94. The number of aliphatic imine (C=N–C) groups is 1. The number of nitrogens with zero attached hydrogens (tertiary/aromatic N) is 8. The minimum Gasteiger partial charge on any atom is -0.465 e. The minimum absolute atomic E-state index is 0.0528. The molecule has 2 saturated carbocycles. The van der Waals surface area contributed by atoms with E-state index in [1.807, 2.05) is 32.9 Å². The molecular formula is C35H37ClF2N10O4. The number of guanidine groups is 1. The molecule has 17 heteroatoms. The van der Waals surface area contributed by atoms with E-state index in [-0.39, 0.29) is 41.5 Å². The molecule has 3 aliphatic rings. The van der Waals surface area contributed by atoms with E-state index in [0.29, 0.717) is 22.9 Å². The van der Waals surface area contributed by atoms with Gasteiger partial charge in [-0.15, -0.1) is 0 Å². The summed E-state index contributed by atoms with van der Waals surface area (Å²) in [5, 5.41) is 28.2. The summed E-state index contributed by atoms with van der Waals surface area (Å²) in [5.74, 6) is -1.84. The van der Waals surface area contributed by atoms with E-state index >= 15 is 4.79 Å². The van der Waals surface area contributed by atoms with Gasteiger partial charge in [0.05, 0.1) is 29.0 Å². The average Bonchev–Trinajstić information content (AvgIpc) is 4.00. The molecule has 3 heterocycles. The maximum Gasteiger partial charge on any atom is 0.411 e. The first-order valence-corrected chi connectivity index (χ1v) is 17.3. The zero-order valence-corrected chi connectivity index (χ0v) is 29.4. The third-order valence-electron chi connectivity index (χ3n) is 9.22. The van der Waals surface area contributed by atoms with Crippen LogP contribution in [0.4, 0.5) is 13.6 Å². The van der Waals surface area contributed by atoms with Crippen LogP contribution in [0.15, 0.2) is 60.0 Å². The Hall–Kier alpha value is -5.25. The third kappa shape index (κ3) is 6.98. The van der Waals surface area contributed by atoms with Crippen LogP contribution in [0.3, 0.4) is 0 Å². The lowest BCUT2D eigenvalue weighted by atomic mass is 9.75. The van der Waals surface area contributed by atoms with Gasteiger partial charge in [0.1, 0.15) is 12.0 Å². The molecule has 0 bridgehead atoms.